The molecule has 0 aliphatic heterocycles. The van der Waals surface area contributed by atoms with Crippen molar-refractivity contribution in [3.05, 3.63) is 52.8 Å². The van der Waals surface area contributed by atoms with Crippen molar-refractivity contribution in [2.45, 2.75) is 13.5 Å². The zero-order valence-corrected chi connectivity index (χ0v) is 10.2. The van der Waals surface area contributed by atoms with Crippen LogP contribution in [0, 0.1) is 6.92 Å². The lowest BCUT2D eigenvalue weighted by Gasteiger charge is -2.11. The minimum absolute atomic E-state index is 0.201. The van der Waals surface area contributed by atoms with E-state index in [-0.39, 0.29) is 5.75 Å². The van der Waals surface area contributed by atoms with Gasteiger partial charge in [-0.1, -0.05) is 17.7 Å². The van der Waals surface area contributed by atoms with E-state index in [9.17, 15) is 5.11 Å². The van der Waals surface area contributed by atoms with Crippen LogP contribution < -0.4 is 5.32 Å². The lowest BCUT2D eigenvalue weighted by Crippen LogP contribution is -2.02. The zero-order valence-electron chi connectivity index (χ0n) is 9.44. The van der Waals surface area contributed by atoms with E-state index in [1.54, 1.807) is 24.4 Å². The van der Waals surface area contributed by atoms with Crippen LogP contribution in [0.25, 0.3) is 0 Å². The van der Waals surface area contributed by atoms with Crippen LogP contribution in [0.1, 0.15) is 11.3 Å². The predicted octanol–water partition coefficient (Wildman–Crippen LogP) is 3.36. The summed E-state index contributed by atoms with van der Waals surface area (Å²) in [4.78, 5) is 4.18. The van der Waals surface area contributed by atoms with Crippen molar-refractivity contribution in [1.29, 1.82) is 0 Å². The Bertz CT molecular complexity index is 508. The first-order chi connectivity index (χ1) is 8.18. The molecule has 2 aromatic rings. The summed E-state index contributed by atoms with van der Waals surface area (Å²) in [5.74, 6) is 0.201. The number of benzene rings is 1. The predicted molar refractivity (Wildman–Crippen MR) is 69.4 cm³/mol. The maximum atomic E-state index is 9.70. The molecular formula is C13H13ClN2O. The van der Waals surface area contributed by atoms with E-state index >= 15 is 0 Å². The van der Waals surface area contributed by atoms with Crippen molar-refractivity contribution >= 4 is 17.3 Å². The van der Waals surface area contributed by atoms with Crippen LogP contribution in [0.4, 0.5) is 5.69 Å². The highest BCUT2D eigenvalue weighted by Gasteiger charge is 2.06. The van der Waals surface area contributed by atoms with Gasteiger partial charge in [-0.3, -0.25) is 4.98 Å². The number of halogens is 1. The van der Waals surface area contributed by atoms with E-state index in [2.05, 4.69) is 10.3 Å². The molecule has 4 heteroatoms. The second-order valence-electron chi connectivity index (χ2n) is 3.73. The Hall–Kier alpha value is -1.74. The summed E-state index contributed by atoms with van der Waals surface area (Å²) < 4.78 is 0. The fraction of sp³-hybridized carbons (Fsp3) is 0.154. The summed E-state index contributed by atoms with van der Waals surface area (Å²) in [5.41, 5.74) is 2.54. The summed E-state index contributed by atoms with van der Waals surface area (Å²) in [6.45, 7) is 2.40. The van der Waals surface area contributed by atoms with Gasteiger partial charge in [0.05, 0.1) is 11.4 Å². The van der Waals surface area contributed by atoms with E-state index < -0.39 is 0 Å². The van der Waals surface area contributed by atoms with E-state index in [1.165, 1.54) is 0 Å². The van der Waals surface area contributed by atoms with Crippen LogP contribution >= 0.6 is 11.6 Å². The molecule has 0 amide bonds. The van der Waals surface area contributed by atoms with Crippen LogP contribution in [0.3, 0.4) is 0 Å². The molecule has 3 nitrogen and oxygen atoms in total. The maximum Gasteiger partial charge on any atom is 0.122 e. The highest BCUT2D eigenvalue weighted by molar-refractivity contribution is 6.31. The Morgan fingerprint density at radius 1 is 1.29 bits per heavy atom. The molecule has 0 fully saturated rings. The van der Waals surface area contributed by atoms with Crippen molar-refractivity contribution in [3.63, 3.8) is 0 Å². The lowest BCUT2D eigenvalue weighted by molar-refractivity contribution is 0.469. The molecular weight excluding hydrogens is 236 g/mol. The van der Waals surface area contributed by atoms with Crippen LogP contribution in [0.15, 0.2) is 36.5 Å². The highest BCUT2D eigenvalue weighted by atomic mass is 35.5. The molecule has 0 unspecified atom stereocenters. The molecule has 0 aliphatic carbocycles. The molecule has 0 radical (unpaired) electrons. The Labute approximate surface area is 105 Å². The van der Waals surface area contributed by atoms with Gasteiger partial charge < -0.3 is 10.4 Å². The third-order valence-corrected chi connectivity index (χ3v) is 2.91. The Morgan fingerprint density at radius 3 is 2.82 bits per heavy atom. The van der Waals surface area contributed by atoms with Crippen LogP contribution in [-0.4, -0.2) is 10.1 Å². The van der Waals surface area contributed by atoms with Crippen LogP contribution in [0.2, 0.25) is 5.02 Å². The van der Waals surface area contributed by atoms with Crippen molar-refractivity contribution in [3.8, 4) is 5.75 Å². The average Bonchev–Trinajstić information content (AvgIpc) is 2.30. The summed E-state index contributed by atoms with van der Waals surface area (Å²) in [5, 5.41) is 13.5. The summed E-state index contributed by atoms with van der Waals surface area (Å²) >= 11 is 6.02. The summed E-state index contributed by atoms with van der Waals surface area (Å²) in [6.07, 6.45) is 1.74. The highest BCUT2D eigenvalue weighted by Crippen LogP contribution is 2.26. The van der Waals surface area contributed by atoms with Gasteiger partial charge in [0.2, 0.25) is 0 Å². The first-order valence-corrected chi connectivity index (χ1v) is 5.68. The number of phenols is 1. The molecule has 0 aliphatic rings. The van der Waals surface area contributed by atoms with E-state index in [0.29, 0.717) is 17.1 Å². The first kappa shape index (κ1) is 11.7. The number of hydrogen-bond acceptors (Lipinski definition) is 3. The molecule has 0 atom stereocenters. The minimum Gasteiger partial charge on any atom is -0.508 e. The number of pyridine rings is 1. The second-order valence-corrected chi connectivity index (χ2v) is 4.13. The molecule has 0 saturated carbocycles. The molecule has 0 saturated heterocycles. The number of aromatic hydroxyl groups is 1. The molecule has 2 N–H and O–H groups in total. The molecule has 0 spiro atoms. The SMILES string of the molecule is Cc1ncccc1NCc1c(O)cccc1Cl. The smallest absolute Gasteiger partial charge is 0.122 e. The Kier molecular flexibility index (Phi) is 3.49. The Balaban J connectivity index is 2.16. The number of nitrogens with zero attached hydrogens (tertiary/aromatic N) is 1. The van der Waals surface area contributed by atoms with Gasteiger partial charge in [-0.15, -0.1) is 0 Å². The van der Waals surface area contributed by atoms with E-state index in [0.717, 1.165) is 11.4 Å². The van der Waals surface area contributed by atoms with Gasteiger partial charge in [0.1, 0.15) is 5.75 Å². The standard InChI is InChI=1S/C13H13ClN2O/c1-9-12(5-3-7-15-9)16-8-10-11(14)4-2-6-13(10)17/h2-7,16-17H,8H2,1H3. The van der Waals surface area contributed by atoms with Crippen molar-refractivity contribution in [2.24, 2.45) is 0 Å². The fourth-order valence-corrected chi connectivity index (χ4v) is 1.81. The van der Waals surface area contributed by atoms with Crippen LogP contribution in [0.5, 0.6) is 5.75 Å². The molecule has 17 heavy (non-hydrogen) atoms. The molecule has 1 aromatic heterocycles. The average molecular weight is 249 g/mol. The van der Waals surface area contributed by atoms with Gasteiger partial charge >= 0.3 is 0 Å². The van der Waals surface area contributed by atoms with E-state index in [4.69, 9.17) is 11.6 Å². The topological polar surface area (TPSA) is 45.2 Å². The fourth-order valence-electron chi connectivity index (χ4n) is 1.58. The molecule has 1 aromatic carbocycles. The largest absolute Gasteiger partial charge is 0.508 e. The third kappa shape index (κ3) is 2.68. The van der Waals surface area contributed by atoms with E-state index in [1.807, 2.05) is 19.1 Å². The monoisotopic (exact) mass is 248 g/mol. The van der Waals surface area contributed by atoms with Crippen molar-refractivity contribution < 1.29 is 5.11 Å². The number of nitrogens with one attached hydrogen (secondary N) is 1. The molecule has 2 rings (SSSR count). The van der Waals surface area contributed by atoms with Crippen molar-refractivity contribution in [1.82, 2.24) is 4.98 Å². The number of aromatic nitrogens is 1. The van der Waals surface area contributed by atoms with Crippen molar-refractivity contribution in [2.75, 3.05) is 5.32 Å². The number of hydrogen-bond donors (Lipinski definition) is 2. The maximum absolute atomic E-state index is 9.70. The minimum atomic E-state index is 0.201. The number of rotatable bonds is 3. The zero-order chi connectivity index (χ0) is 12.3. The van der Waals surface area contributed by atoms with Gasteiger partial charge in [-0.25, -0.2) is 0 Å². The van der Waals surface area contributed by atoms with Crippen LogP contribution in [-0.2, 0) is 6.54 Å². The number of anilines is 1. The van der Waals surface area contributed by atoms with Gasteiger partial charge in [-0.05, 0) is 31.2 Å². The summed E-state index contributed by atoms with van der Waals surface area (Å²) in [6, 6.07) is 8.90. The van der Waals surface area contributed by atoms with Gasteiger partial charge in [0.25, 0.3) is 0 Å². The quantitative estimate of drug-likeness (QED) is 0.876. The molecule has 0 bridgehead atoms. The van der Waals surface area contributed by atoms with Gasteiger partial charge in [0, 0.05) is 23.3 Å². The number of aryl methyl sites for hydroxylation is 1. The summed E-state index contributed by atoms with van der Waals surface area (Å²) in [7, 11) is 0. The Morgan fingerprint density at radius 2 is 2.12 bits per heavy atom. The number of phenolic OH excluding ortho intramolecular Hbond substituents is 1. The van der Waals surface area contributed by atoms with Gasteiger partial charge in [-0.2, -0.15) is 0 Å². The molecule has 1 heterocycles. The third-order valence-electron chi connectivity index (χ3n) is 2.56. The first-order valence-electron chi connectivity index (χ1n) is 5.30. The lowest BCUT2D eigenvalue weighted by atomic mass is 10.2. The normalized spacial score (nSPS) is 10.2. The van der Waals surface area contributed by atoms with Gasteiger partial charge in [0.15, 0.2) is 0 Å². The second kappa shape index (κ2) is 5.06. The molecule has 88 valence electrons.